The highest BCUT2D eigenvalue weighted by molar-refractivity contribution is 7.89. The molecular weight excluding hydrogens is 348 g/mol. The van der Waals surface area contributed by atoms with Gasteiger partial charge in [-0.15, -0.1) is 0 Å². The Bertz CT molecular complexity index is 1040. The number of hydrogen-bond acceptors (Lipinski definition) is 4. The van der Waals surface area contributed by atoms with Gasteiger partial charge in [-0.1, -0.05) is 35.9 Å². The second kappa shape index (κ2) is 7.13. The molecule has 0 spiro atoms. The first-order chi connectivity index (χ1) is 12.4. The maximum atomic E-state index is 12.3. The molecule has 1 N–H and O–H groups in total. The van der Waals surface area contributed by atoms with Crippen LogP contribution in [0.25, 0.3) is 5.69 Å². The number of sulfonamides is 1. The first-order valence-corrected chi connectivity index (χ1v) is 9.60. The molecule has 0 amide bonds. The lowest BCUT2D eigenvalue weighted by Gasteiger charge is -2.04. The average Bonchev–Trinajstić information content (AvgIpc) is 2.91. The molecule has 6 nitrogen and oxygen atoms in total. The molecule has 0 unspecified atom stereocenters. The molecule has 0 radical (unpaired) electrons. The summed E-state index contributed by atoms with van der Waals surface area (Å²) in [6, 6.07) is 16.3. The fourth-order valence-electron chi connectivity index (χ4n) is 2.59. The van der Waals surface area contributed by atoms with Crippen LogP contribution in [0.2, 0.25) is 0 Å². The molecule has 0 atom stereocenters. The van der Waals surface area contributed by atoms with Gasteiger partial charge in [0, 0.05) is 5.56 Å². The van der Waals surface area contributed by atoms with Crippen LogP contribution in [0.1, 0.15) is 22.5 Å². The number of nitrogens with zero attached hydrogens (tertiary/aromatic N) is 3. The van der Waals surface area contributed by atoms with Crippen LogP contribution in [0.5, 0.6) is 0 Å². The summed E-state index contributed by atoms with van der Waals surface area (Å²) < 4.78 is 26.4. The van der Waals surface area contributed by atoms with Gasteiger partial charge < -0.3 is 0 Å². The molecule has 0 fully saturated rings. The van der Waals surface area contributed by atoms with Gasteiger partial charge in [0.1, 0.15) is 0 Å². The zero-order valence-electron chi connectivity index (χ0n) is 14.8. The van der Waals surface area contributed by atoms with Crippen LogP contribution in [-0.4, -0.2) is 24.4 Å². The van der Waals surface area contributed by atoms with Gasteiger partial charge in [0.25, 0.3) is 10.0 Å². The number of benzene rings is 2. The van der Waals surface area contributed by atoms with E-state index in [1.807, 2.05) is 55.8 Å². The summed E-state index contributed by atoms with van der Waals surface area (Å²) in [5, 5.41) is 8.44. The Kier molecular flexibility index (Phi) is 4.90. The Balaban J connectivity index is 1.83. The minimum absolute atomic E-state index is 0.175. The summed E-state index contributed by atoms with van der Waals surface area (Å²) in [6.07, 6.45) is 1.49. The molecule has 0 aliphatic carbocycles. The average molecular weight is 368 g/mol. The van der Waals surface area contributed by atoms with Gasteiger partial charge >= 0.3 is 0 Å². The lowest BCUT2D eigenvalue weighted by molar-refractivity contribution is 0.584. The molecule has 134 valence electrons. The molecular formula is C19H20N4O2S. The van der Waals surface area contributed by atoms with E-state index in [0.717, 1.165) is 28.2 Å². The van der Waals surface area contributed by atoms with Crippen molar-refractivity contribution in [3.05, 3.63) is 77.1 Å². The van der Waals surface area contributed by atoms with E-state index in [-0.39, 0.29) is 4.90 Å². The van der Waals surface area contributed by atoms with Crippen molar-refractivity contribution in [2.75, 3.05) is 0 Å². The standard InChI is InChI=1S/C19H20N4O2S/c1-14-9-11-18(12-10-14)26(24,25)22-20-13-19-15(2)21-23(16(19)3)17-7-5-4-6-8-17/h4-13,22H,1-3H3. The Morgan fingerprint density at radius 2 is 1.65 bits per heavy atom. The maximum absolute atomic E-state index is 12.3. The number of aromatic nitrogens is 2. The first-order valence-electron chi connectivity index (χ1n) is 8.11. The molecule has 2 aromatic carbocycles. The van der Waals surface area contributed by atoms with Gasteiger partial charge in [0.05, 0.1) is 28.2 Å². The third kappa shape index (κ3) is 3.67. The Morgan fingerprint density at radius 1 is 1.00 bits per heavy atom. The Labute approximate surface area is 153 Å². The summed E-state index contributed by atoms with van der Waals surface area (Å²) in [5.74, 6) is 0. The number of aryl methyl sites for hydroxylation is 2. The van der Waals surface area contributed by atoms with E-state index in [1.54, 1.807) is 24.3 Å². The zero-order chi connectivity index (χ0) is 18.7. The summed E-state index contributed by atoms with van der Waals surface area (Å²) in [6.45, 7) is 5.68. The third-order valence-electron chi connectivity index (χ3n) is 4.05. The summed E-state index contributed by atoms with van der Waals surface area (Å²) >= 11 is 0. The Hall–Kier alpha value is -2.93. The van der Waals surface area contributed by atoms with Crippen molar-refractivity contribution in [1.29, 1.82) is 0 Å². The molecule has 1 heterocycles. The largest absolute Gasteiger partial charge is 0.276 e. The van der Waals surface area contributed by atoms with Gasteiger partial charge in [-0.25, -0.2) is 9.51 Å². The summed E-state index contributed by atoms with van der Waals surface area (Å²) in [4.78, 5) is 2.43. The molecule has 26 heavy (non-hydrogen) atoms. The molecule has 0 saturated heterocycles. The lowest BCUT2D eigenvalue weighted by atomic mass is 10.2. The molecule has 0 bridgehead atoms. The smallest absolute Gasteiger partial charge is 0.237 e. The van der Waals surface area contributed by atoms with Crippen LogP contribution in [0, 0.1) is 20.8 Å². The van der Waals surface area contributed by atoms with E-state index in [9.17, 15) is 8.42 Å². The van der Waals surface area contributed by atoms with E-state index < -0.39 is 10.0 Å². The number of nitrogens with one attached hydrogen (secondary N) is 1. The van der Waals surface area contributed by atoms with Crippen LogP contribution in [0.4, 0.5) is 0 Å². The fraction of sp³-hybridized carbons (Fsp3) is 0.158. The van der Waals surface area contributed by atoms with Crippen molar-refractivity contribution >= 4 is 16.2 Å². The third-order valence-corrected chi connectivity index (χ3v) is 5.28. The second-order valence-corrected chi connectivity index (χ2v) is 7.66. The topological polar surface area (TPSA) is 76.3 Å². The molecule has 7 heteroatoms. The Morgan fingerprint density at radius 3 is 2.31 bits per heavy atom. The van der Waals surface area contributed by atoms with Gasteiger partial charge in [-0.3, -0.25) is 0 Å². The highest BCUT2D eigenvalue weighted by Gasteiger charge is 2.14. The highest BCUT2D eigenvalue weighted by atomic mass is 32.2. The monoisotopic (exact) mass is 368 g/mol. The van der Waals surface area contributed by atoms with Crippen LogP contribution in [0.15, 0.2) is 64.6 Å². The van der Waals surface area contributed by atoms with Crippen molar-refractivity contribution in [1.82, 2.24) is 14.6 Å². The van der Waals surface area contributed by atoms with Crippen LogP contribution in [-0.2, 0) is 10.0 Å². The van der Waals surface area contributed by atoms with E-state index in [0.29, 0.717) is 0 Å². The van der Waals surface area contributed by atoms with Crippen molar-refractivity contribution in [3.63, 3.8) is 0 Å². The number of rotatable bonds is 5. The summed E-state index contributed by atoms with van der Waals surface area (Å²) in [7, 11) is -3.69. The van der Waals surface area contributed by atoms with Crippen molar-refractivity contribution in [3.8, 4) is 5.69 Å². The number of hydrogen-bond donors (Lipinski definition) is 1. The minimum atomic E-state index is -3.69. The van der Waals surface area contributed by atoms with E-state index in [2.05, 4.69) is 15.0 Å². The normalized spacial score (nSPS) is 11.8. The zero-order valence-corrected chi connectivity index (χ0v) is 15.7. The van der Waals surface area contributed by atoms with E-state index >= 15 is 0 Å². The van der Waals surface area contributed by atoms with Crippen LogP contribution >= 0.6 is 0 Å². The van der Waals surface area contributed by atoms with Crippen LogP contribution in [0.3, 0.4) is 0 Å². The van der Waals surface area contributed by atoms with Crippen molar-refractivity contribution < 1.29 is 8.42 Å². The lowest BCUT2D eigenvalue weighted by Crippen LogP contribution is -2.18. The van der Waals surface area contributed by atoms with Crippen LogP contribution < -0.4 is 4.83 Å². The first kappa shape index (κ1) is 17.9. The van der Waals surface area contributed by atoms with Crippen molar-refractivity contribution in [2.24, 2.45) is 5.10 Å². The molecule has 1 aromatic heterocycles. The number of hydrazone groups is 1. The van der Waals surface area contributed by atoms with Gasteiger partial charge in [-0.2, -0.15) is 18.6 Å². The van der Waals surface area contributed by atoms with Crippen molar-refractivity contribution in [2.45, 2.75) is 25.7 Å². The predicted octanol–water partition coefficient (Wildman–Crippen LogP) is 3.11. The number of para-hydroxylation sites is 1. The fourth-order valence-corrected chi connectivity index (χ4v) is 3.38. The molecule has 0 aliphatic heterocycles. The quantitative estimate of drug-likeness (QED) is 0.555. The molecule has 0 aliphatic rings. The van der Waals surface area contributed by atoms with E-state index in [1.165, 1.54) is 6.21 Å². The van der Waals surface area contributed by atoms with Gasteiger partial charge in [0.15, 0.2) is 0 Å². The second-order valence-electron chi connectivity index (χ2n) is 6.00. The molecule has 3 aromatic rings. The highest BCUT2D eigenvalue weighted by Crippen LogP contribution is 2.16. The minimum Gasteiger partial charge on any atom is -0.237 e. The maximum Gasteiger partial charge on any atom is 0.276 e. The predicted molar refractivity (Wildman–Crippen MR) is 102 cm³/mol. The molecule has 0 saturated carbocycles. The van der Waals surface area contributed by atoms with E-state index in [4.69, 9.17) is 0 Å². The van der Waals surface area contributed by atoms with Gasteiger partial charge in [-0.05, 0) is 45.0 Å². The summed E-state index contributed by atoms with van der Waals surface area (Å²) in [5.41, 5.74) is 4.36. The molecule has 3 rings (SSSR count). The van der Waals surface area contributed by atoms with Gasteiger partial charge in [0.2, 0.25) is 0 Å². The SMILES string of the molecule is Cc1ccc(S(=O)(=O)NN=Cc2c(C)nn(-c3ccccc3)c2C)cc1.